The maximum Gasteiger partial charge on any atom is 0.118 e. The molecule has 1 saturated heterocycles. The van der Waals surface area contributed by atoms with Crippen molar-refractivity contribution in [1.29, 1.82) is 0 Å². The van der Waals surface area contributed by atoms with E-state index in [0.29, 0.717) is 6.61 Å². The van der Waals surface area contributed by atoms with Crippen molar-refractivity contribution in [2.75, 3.05) is 20.3 Å². The molecule has 1 fully saturated rings. The van der Waals surface area contributed by atoms with Crippen LogP contribution in [0, 0.1) is 0 Å². The van der Waals surface area contributed by atoms with Crippen molar-refractivity contribution in [3.05, 3.63) is 29.8 Å². The molecule has 0 aliphatic carbocycles. The molecule has 1 aromatic carbocycles. The van der Waals surface area contributed by atoms with Crippen LogP contribution in [0.1, 0.15) is 18.4 Å². The number of methoxy groups -OCH3 is 1. The van der Waals surface area contributed by atoms with Gasteiger partial charge in [0.1, 0.15) is 11.9 Å². The lowest BCUT2D eigenvalue weighted by Crippen LogP contribution is -2.01. The number of epoxide rings is 1. The maximum atomic E-state index is 8.80. The predicted octanol–water partition coefficient (Wildman–Crippen LogP) is 1.75. The molecular formula is C14H20O4. The molecule has 0 spiro atoms. The van der Waals surface area contributed by atoms with Crippen molar-refractivity contribution < 1.29 is 19.3 Å². The Labute approximate surface area is 107 Å². The van der Waals surface area contributed by atoms with E-state index in [-0.39, 0.29) is 18.8 Å². The molecule has 0 radical (unpaired) electrons. The van der Waals surface area contributed by atoms with Gasteiger partial charge in [0.15, 0.2) is 0 Å². The second kappa shape index (κ2) is 6.73. The normalized spacial score (nSPS) is 21.9. The van der Waals surface area contributed by atoms with Gasteiger partial charge in [0, 0.05) is 6.61 Å². The summed E-state index contributed by atoms with van der Waals surface area (Å²) in [6.45, 7) is 1.49. The Bertz CT molecular complexity index is 349. The largest absolute Gasteiger partial charge is 0.497 e. The Morgan fingerprint density at radius 3 is 2.61 bits per heavy atom. The van der Waals surface area contributed by atoms with Crippen LogP contribution in [0.2, 0.25) is 0 Å². The van der Waals surface area contributed by atoms with Crippen LogP contribution >= 0.6 is 0 Å². The van der Waals surface area contributed by atoms with Crippen molar-refractivity contribution in [1.82, 2.24) is 0 Å². The molecule has 0 bridgehead atoms. The molecule has 18 heavy (non-hydrogen) atoms. The van der Waals surface area contributed by atoms with Gasteiger partial charge in [-0.15, -0.1) is 0 Å². The quantitative estimate of drug-likeness (QED) is 0.565. The molecule has 0 saturated carbocycles. The summed E-state index contributed by atoms with van der Waals surface area (Å²) >= 11 is 0. The highest BCUT2D eigenvalue weighted by Gasteiger charge is 2.36. The van der Waals surface area contributed by atoms with Gasteiger partial charge in [-0.1, -0.05) is 12.1 Å². The highest BCUT2D eigenvalue weighted by molar-refractivity contribution is 5.26. The molecule has 100 valence electrons. The average molecular weight is 252 g/mol. The van der Waals surface area contributed by atoms with Crippen LogP contribution in [-0.2, 0) is 16.1 Å². The maximum absolute atomic E-state index is 8.80. The van der Waals surface area contributed by atoms with Gasteiger partial charge in [0.25, 0.3) is 0 Å². The predicted molar refractivity (Wildman–Crippen MR) is 67.6 cm³/mol. The van der Waals surface area contributed by atoms with Gasteiger partial charge in [-0.3, -0.25) is 0 Å². The summed E-state index contributed by atoms with van der Waals surface area (Å²) in [4.78, 5) is 0. The first kappa shape index (κ1) is 13.3. The van der Waals surface area contributed by atoms with E-state index >= 15 is 0 Å². The first-order chi connectivity index (χ1) is 8.83. The summed E-state index contributed by atoms with van der Waals surface area (Å²) in [5, 5.41) is 8.80. The minimum Gasteiger partial charge on any atom is -0.497 e. The summed E-state index contributed by atoms with van der Waals surface area (Å²) < 4.78 is 15.9. The molecule has 2 atom stereocenters. The highest BCUT2D eigenvalue weighted by atomic mass is 16.6. The Balaban J connectivity index is 1.54. The zero-order valence-electron chi connectivity index (χ0n) is 10.7. The zero-order valence-corrected chi connectivity index (χ0v) is 10.7. The number of aliphatic hydroxyl groups excluding tert-OH is 1. The monoisotopic (exact) mass is 252 g/mol. The van der Waals surface area contributed by atoms with Gasteiger partial charge in [-0.2, -0.15) is 0 Å². The van der Waals surface area contributed by atoms with Crippen LogP contribution in [0.15, 0.2) is 24.3 Å². The Morgan fingerprint density at radius 2 is 2.00 bits per heavy atom. The molecule has 1 aliphatic rings. The fourth-order valence-corrected chi connectivity index (χ4v) is 1.89. The third-order valence-electron chi connectivity index (χ3n) is 3.07. The van der Waals surface area contributed by atoms with E-state index < -0.39 is 0 Å². The smallest absolute Gasteiger partial charge is 0.118 e. The first-order valence-corrected chi connectivity index (χ1v) is 6.30. The molecular weight excluding hydrogens is 232 g/mol. The second-order valence-electron chi connectivity index (χ2n) is 4.44. The van der Waals surface area contributed by atoms with E-state index in [1.807, 2.05) is 24.3 Å². The van der Waals surface area contributed by atoms with Gasteiger partial charge >= 0.3 is 0 Å². The number of aliphatic hydroxyl groups is 1. The van der Waals surface area contributed by atoms with E-state index in [4.69, 9.17) is 19.3 Å². The third kappa shape index (κ3) is 3.98. The molecule has 1 aliphatic heterocycles. The summed E-state index contributed by atoms with van der Waals surface area (Å²) in [6, 6.07) is 7.88. The molecule has 1 aromatic rings. The van der Waals surface area contributed by atoms with Crippen molar-refractivity contribution in [2.24, 2.45) is 0 Å². The number of hydrogen-bond acceptors (Lipinski definition) is 4. The van der Waals surface area contributed by atoms with Crippen LogP contribution in [0.5, 0.6) is 5.75 Å². The van der Waals surface area contributed by atoms with Gasteiger partial charge in [0.2, 0.25) is 0 Å². The fourth-order valence-electron chi connectivity index (χ4n) is 1.89. The number of benzene rings is 1. The van der Waals surface area contributed by atoms with Crippen molar-refractivity contribution in [2.45, 2.75) is 31.7 Å². The summed E-state index contributed by atoms with van der Waals surface area (Å²) in [5.41, 5.74) is 1.15. The minimum absolute atomic E-state index is 0.0755. The van der Waals surface area contributed by atoms with Crippen LogP contribution in [0.3, 0.4) is 0 Å². The highest BCUT2D eigenvalue weighted by Crippen LogP contribution is 2.25. The lowest BCUT2D eigenvalue weighted by Gasteiger charge is -2.05. The first-order valence-electron chi connectivity index (χ1n) is 6.30. The molecule has 2 rings (SSSR count). The molecule has 1 heterocycles. The van der Waals surface area contributed by atoms with Crippen LogP contribution < -0.4 is 4.74 Å². The lowest BCUT2D eigenvalue weighted by atomic mass is 10.2. The fraction of sp³-hybridized carbons (Fsp3) is 0.571. The van der Waals surface area contributed by atoms with Gasteiger partial charge in [0.05, 0.1) is 26.4 Å². The molecule has 4 heteroatoms. The zero-order chi connectivity index (χ0) is 12.8. The van der Waals surface area contributed by atoms with Crippen LogP contribution in [0.4, 0.5) is 0 Å². The van der Waals surface area contributed by atoms with E-state index in [0.717, 1.165) is 30.8 Å². The van der Waals surface area contributed by atoms with E-state index in [1.165, 1.54) is 0 Å². The molecule has 1 N–H and O–H groups in total. The lowest BCUT2D eigenvalue weighted by molar-refractivity contribution is 0.115. The SMILES string of the molecule is COc1ccc(COCCCC2OC2CO)cc1. The Kier molecular flexibility index (Phi) is 4.99. The van der Waals surface area contributed by atoms with Gasteiger partial charge < -0.3 is 19.3 Å². The molecule has 4 nitrogen and oxygen atoms in total. The third-order valence-corrected chi connectivity index (χ3v) is 3.07. The molecule has 0 amide bonds. The van der Waals surface area contributed by atoms with Crippen LogP contribution in [-0.4, -0.2) is 37.6 Å². The van der Waals surface area contributed by atoms with Gasteiger partial charge in [-0.25, -0.2) is 0 Å². The standard InChI is InChI=1S/C14H20O4/c1-16-12-6-4-11(5-7-12)10-17-8-2-3-13-14(9-15)18-13/h4-7,13-15H,2-3,8-10H2,1H3. The summed E-state index contributed by atoms with van der Waals surface area (Å²) in [5.74, 6) is 0.861. The number of hydrogen-bond donors (Lipinski definition) is 1. The topological polar surface area (TPSA) is 51.2 Å². The van der Waals surface area contributed by atoms with Crippen molar-refractivity contribution >= 4 is 0 Å². The van der Waals surface area contributed by atoms with Crippen LogP contribution in [0.25, 0.3) is 0 Å². The second-order valence-corrected chi connectivity index (χ2v) is 4.44. The average Bonchev–Trinajstić information content (AvgIpc) is 3.18. The van der Waals surface area contributed by atoms with Crippen molar-refractivity contribution in [3.8, 4) is 5.75 Å². The van der Waals surface area contributed by atoms with E-state index in [2.05, 4.69) is 0 Å². The van der Waals surface area contributed by atoms with E-state index in [1.54, 1.807) is 7.11 Å². The minimum atomic E-state index is 0.0755. The number of ether oxygens (including phenoxy) is 3. The molecule has 0 aromatic heterocycles. The Morgan fingerprint density at radius 1 is 1.22 bits per heavy atom. The summed E-state index contributed by atoms with van der Waals surface area (Å²) in [6.07, 6.45) is 2.26. The molecule has 2 unspecified atom stereocenters. The van der Waals surface area contributed by atoms with Crippen molar-refractivity contribution in [3.63, 3.8) is 0 Å². The van der Waals surface area contributed by atoms with Gasteiger partial charge in [-0.05, 0) is 30.5 Å². The number of rotatable bonds is 8. The Hall–Kier alpha value is -1.10. The van der Waals surface area contributed by atoms with E-state index in [9.17, 15) is 0 Å². The summed E-state index contributed by atoms with van der Waals surface area (Å²) in [7, 11) is 1.66.